The molecule has 9 nitrogen and oxygen atoms in total. The molecule has 3 N–H and O–H groups in total. The fourth-order valence-electron chi connectivity index (χ4n) is 4.75. The monoisotopic (exact) mass is 561 g/mol. The molecule has 1 saturated heterocycles. The second-order valence-electron chi connectivity index (χ2n) is 10.9. The Labute approximate surface area is 227 Å². The van der Waals surface area contributed by atoms with E-state index in [1.165, 1.54) is 6.07 Å². The van der Waals surface area contributed by atoms with E-state index in [4.69, 9.17) is 4.52 Å². The Morgan fingerprint density at radius 2 is 2.02 bits per heavy atom. The molecule has 1 aliphatic rings. The minimum Gasteiger partial charge on any atom is -0.378 e. The van der Waals surface area contributed by atoms with Gasteiger partial charge in [-0.05, 0) is 58.0 Å². The zero-order valence-electron chi connectivity index (χ0n) is 22.3. The Hall–Kier alpha value is -3.87. The molecule has 0 bridgehead atoms. The Morgan fingerprint density at radius 3 is 2.73 bits per heavy atom. The van der Waals surface area contributed by atoms with Crippen LogP contribution in [0.2, 0.25) is 0 Å². The van der Waals surface area contributed by atoms with Gasteiger partial charge in [-0.3, -0.25) is 4.79 Å². The molecule has 5 rings (SSSR count). The number of benzene rings is 1. The zero-order valence-corrected chi connectivity index (χ0v) is 22.3. The summed E-state index contributed by atoms with van der Waals surface area (Å²) >= 11 is 0. The lowest BCUT2D eigenvalue weighted by Gasteiger charge is -2.28. The molecule has 2 atom stereocenters. The molecule has 0 unspecified atom stereocenters. The van der Waals surface area contributed by atoms with Gasteiger partial charge in [0.05, 0.1) is 29.4 Å². The normalized spacial score (nSPS) is 18.3. The first-order valence-electron chi connectivity index (χ1n) is 13.0. The van der Waals surface area contributed by atoms with Gasteiger partial charge in [0, 0.05) is 35.6 Å². The number of fused-ring (bicyclic) bond motifs is 1. The fraction of sp³-hybridized carbons (Fsp3) is 0.444. The molecule has 0 radical (unpaired) electrons. The third-order valence-corrected chi connectivity index (χ3v) is 6.85. The van der Waals surface area contributed by atoms with Crippen molar-refractivity contribution in [2.24, 2.45) is 0 Å². The summed E-state index contributed by atoms with van der Waals surface area (Å²) in [6.07, 6.45) is -1.73. The van der Waals surface area contributed by atoms with E-state index in [0.29, 0.717) is 41.7 Å². The van der Waals surface area contributed by atoms with Crippen molar-refractivity contribution in [2.75, 3.05) is 18.4 Å². The summed E-state index contributed by atoms with van der Waals surface area (Å²) in [5.74, 6) is -0.375. The Kier molecular flexibility index (Phi) is 7.34. The number of carbonyl (C=O) groups excluding carboxylic acids is 1. The predicted octanol–water partition coefficient (Wildman–Crippen LogP) is 4.85. The number of nitrogens with zero attached hydrogens (tertiary/aromatic N) is 4. The second kappa shape index (κ2) is 10.6. The third-order valence-electron chi connectivity index (χ3n) is 6.85. The average Bonchev–Trinajstić information content (AvgIpc) is 3.62. The van der Waals surface area contributed by atoms with Crippen molar-refractivity contribution >= 4 is 22.5 Å². The van der Waals surface area contributed by atoms with Crippen LogP contribution in [0.25, 0.3) is 22.4 Å². The van der Waals surface area contributed by atoms with E-state index in [9.17, 15) is 22.4 Å². The number of hydrogen-bond acceptors (Lipinski definition) is 6. The van der Waals surface area contributed by atoms with Gasteiger partial charge in [-0.2, -0.15) is 18.2 Å². The summed E-state index contributed by atoms with van der Waals surface area (Å²) in [6, 6.07) is 7.59. The maximum atomic E-state index is 14.5. The van der Waals surface area contributed by atoms with E-state index in [-0.39, 0.29) is 35.4 Å². The van der Waals surface area contributed by atoms with Crippen molar-refractivity contribution in [3.05, 3.63) is 54.2 Å². The molecule has 40 heavy (non-hydrogen) atoms. The molecule has 1 aliphatic heterocycles. The molecule has 1 aromatic carbocycles. The third kappa shape index (κ3) is 5.98. The Balaban J connectivity index is 1.40. The van der Waals surface area contributed by atoms with Gasteiger partial charge < -0.3 is 29.6 Å². The van der Waals surface area contributed by atoms with Crippen LogP contribution < -0.4 is 16.0 Å². The van der Waals surface area contributed by atoms with Crippen LogP contribution >= 0.6 is 0 Å². The maximum absolute atomic E-state index is 14.5. The van der Waals surface area contributed by atoms with Crippen molar-refractivity contribution in [3.8, 4) is 11.5 Å². The smallest absolute Gasteiger partial charge is 0.378 e. The van der Waals surface area contributed by atoms with Crippen molar-refractivity contribution in [3.63, 3.8) is 0 Å². The van der Waals surface area contributed by atoms with Crippen LogP contribution in [-0.2, 0) is 18.6 Å². The summed E-state index contributed by atoms with van der Waals surface area (Å²) in [7, 11) is 0. The molecule has 4 heterocycles. The van der Waals surface area contributed by atoms with E-state index in [1.54, 1.807) is 36.7 Å². The van der Waals surface area contributed by atoms with Gasteiger partial charge >= 0.3 is 6.18 Å². The number of hydrogen-bond donors (Lipinski definition) is 3. The quantitative estimate of drug-likeness (QED) is 0.279. The highest BCUT2D eigenvalue weighted by molar-refractivity contribution is 5.96. The summed E-state index contributed by atoms with van der Waals surface area (Å²) < 4.78 is 63.5. The number of rotatable bonds is 7. The van der Waals surface area contributed by atoms with E-state index in [0.717, 1.165) is 4.57 Å². The average molecular weight is 562 g/mol. The van der Waals surface area contributed by atoms with Crippen LogP contribution in [0.3, 0.4) is 0 Å². The van der Waals surface area contributed by atoms with Gasteiger partial charge in [0.25, 0.3) is 5.91 Å². The summed E-state index contributed by atoms with van der Waals surface area (Å²) in [6.45, 7) is 5.61. The first kappa shape index (κ1) is 27.7. The van der Waals surface area contributed by atoms with Crippen LogP contribution in [0.5, 0.6) is 0 Å². The fourth-order valence-corrected chi connectivity index (χ4v) is 4.75. The second-order valence-corrected chi connectivity index (χ2v) is 10.9. The van der Waals surface area contributed by atoms with E-state index < -0.39 is 24.9 Å². The molecule has 1 amide bonds. The highest BCUT2D eigenvalue weighted by Gasteiger charge is 2.32. The molecule has 0 aliphatic carbocycles. The molecule has 3 aromatic heterocycles. The molecule has 1 fully saturated rings. The van der Waals surface area contributed by atoms with Crippen LogP contribution in [0.1, 0.15) is 43.4 Å². The lowest BCUT2D eigenvalue weighted by molar-refractivity contribution is -0.139. The van der Waals surface area contributed by atoms with Crippen molar-refractivity contribution in [1.29, 1.82) is 0 Å². The number of nitrogens with one attached hydrogen (secondary N) is 3. The number of carbonyl (C=O) groups is 1. The SMILES string of the molecule is CC(C)(C)n1ccc(C(=O)NCc2nc(-c3cc4c(N[C@@H]5CNCC[C@@H]5F)cccc4n3CC(F)(F)F)no2)c1. The predicted molar refractivity (Wildman–Crippen MR) is 142 cm³/mol. The minimum absolute atomic E-state index is 0.0364. The first-order valence-corrected chi connectivity index (χ1v) is 13.0. The van der Waals surface area contributed by atoms with Gasteiger partial charge in [0.2, 0.25) is 11.7 Å². The van der Waals surface area contributed by atoms with Crippen LogP contribution in [0, 0.1) is 0 Å². The van der Waals surface area contributed by atoms with Gasteiger partial charge in [0.1, 0.15) is 12.7 Å². The molecule has 214 valence electrons. The molecule has 0 saturated carbocycles. The summed E-state index contributed by atoms with van der Waals surface area (Å²) in [5.41, 5.74) is 1.14. The summed E-state index contributed by atoms with van der Waals surface area (Å²) in [4.78, 5) is 16.9. The van der Waals surface area contributed by atoms with E-state index >= 15 is 0 Å². The van der Waals surface area contributed by atoms with Crippen LogP contribution in [0.15, 0.2) is 47.2 Å². The standard InChI is InChI=1S/C27H31F4N7O2/c1-26(2,3)37-10-8-16(14-37)25(39)33-13-23-35-24(36-40-23)22-11-17-19(34-20-12-32-9-7-18(20)28)5-4-6-21(17)38(22)15-27(29,30)31/h4-6,8,10-11,14,18,20,32,34H,7,9,12-13,15H2,1-3H3,(H,33,39)/t18-,20+/m0/s1. The minimum atomic E-state index is -4.52. The highest BCUT2D eigenvalue weighted by atomic mass is 19.4. The van der Waals surface area contributed by atoms with Gasteiger partial charge in [-0.1, -0.05) is 11.2 Å². The summed E-state index contributed by atoms with van der Waals surface area (Å²) in [5, 5.41) is 13.3. The number of anilines is 1. The van der Waals surface area contributed by atoms with E-state index in [2.05, 4.69) is 26.1 Å². The number of halogens is 4. The molecule has 13 heteroatoms. The first-order chi connectivity index (χ1) is 18.9. The number of amides is 1. The molecule has 4 aromatic rings. The van der Waals surface area contributed by atoms with Crippen LogP contribution in [0.4, 0.5) is 23.2 Å². The number of piperidine rings is 1. The zero-order chi connectivity index (χ0) is 28.7. The van der Waals surface area contributed by atoms with Crippen LogP contribution in [-0.4, -0.2) is 56.7 Å². The number of aromatic nitrogens is 4. The van der Waals surface area contributed by atoms with E-state index in [1.807, 2.05) is 25.3 Å². The lowest BCUT2D eigenvalue weighted by Crippen LogP contribution is -2.46. The van der Waals surface area contributed by atoms with Gasteiger partial charge in [0.15, 0.2) is 0 Å². The largest absolute Gasteiger partial charge is 0.406 e. The molecular weight excluding hydrogens is 530 g/mol. The van der Waals surface area contributed by atoms with Crippen molar-refractivity contribution in [1.82, 2.24) is 29.9 Å². The van der Waals surface area contributed by atoms with Crippen molar-refractivity contribution < 1.29 is 26.9 Å². The number of alkyl halides is 4. The van der Waals surface area contributed by atoms with Gasteiger partial charge in [-0.25, -0.2) is 4.39 Å². The van der Waals surface area contributed by atoms with Crippen molar-refractivity contribution in [2.45, 2.75) is 64.2 Å². The molecule has 0 spiro atoms. The topological polar surface area (TPSA) is 102 Å². The van der Waals surface area contributed by atoms with Gasteiger partial charge in [-0.15, -0.1) is 0 Å². The molecular formula is C27H31F4N7O2. The Morgan fingerprint density at radius 1 is 1.23 bits per heavy atom. The highest BCUT2D eigenvalue weighted by Crippen LogP contribution is 2.34. The Bertz CT molecular complexity index is 1500. The maximum Gasteiger partial charge on any atom is 0.406 e. The lowest BCUT2D eigenvalue weighted by atomic mass is 10.0.